The Labute approximate surface area is 171 Å². The molecule has 0 fully saturated rings. The van der Waals surface area contributed by atoms with E-state index in [1.165, 1.54) is 21.9 Å². The molecule has 1 aliphatic rings. The molecule has 3 nitrogen and oxygen atoms in total. The molecule has 29 heavy (non-hydrogen) atoms. The van der Waals surface area contributed by atoms with Crippen molar-refractivity contribution in [1.82, 2.24) is 9.97 Å². The van der Waals surface area contributed by atoms with Crippen molar-refractivity contribution in [1.29, 1.82) is 0 Å². The van der Waals surface area contributed by atoms with Crippen LogP contribution in [-0.4, -0.2) is 16.5 Å². The van der Waals surface area contributed by atoms with Gasteiger partial charge in [-0.3, -0.25) is 0 Å². The molecule has 0 radical (unpaired) electrons. The highest BCUT2D eigenvalue weighted by molar-refractivity contribution is 5.87. The SMILES string of the molecule is Cc1nc(NC[C@@H]2CC=Cc3ccccc32)cc(-c2ccc3ccccc3c2)n1. The van der Waals surface area contributed by atoms with Gasteiger partial charge in [0, 0.05) is 24.1 Å². The minimum Gasteiger partial charge on any atom is -0.369 e. The van der Waals surface area contributed by atoms with E-state index in [9.17, 15) is 0 Å². The quantitative estimate of drug-likeness (QED) is 0.459. The molecule has 0 bridgehead atoms. The van der Waals surface area contributed by atoms with E-state index < -0.39 is 0 Å². The summed E-state index contributed by atoms with van der Waals surface area (Å²) in [7, 11) is 0. The normalized spacial score (nSPS) is 15.3. The van der Waals surface area contributed by atoms with Gasteiger partial charge in [-0.1, -0.05) is 72.8 Å². The van der Waals surface area contributed by atoms with Gasteiger partial charge in [0.05, 0.1) is 5.69 Å². The first-order valence-electron chi connectivity index (χ1n) is 10.1. The van der Waals surface area contributed by atoms with E-state index in [0.29, 0.717) is 5.92 Å². The second-order valence-electron chi connectivity index (χ2n) is 7.59. The van der Waals surface area contributed by atoms with Gasteiger partial charge in [0.2, 0.25) is 0 Å². The highest BCUT2D eigenvalue weighted by Crippen LogP contribution is 2.30. The number of hydrogen-bond acceptors (Lipinski definition) is 3. The fourth-order valence-corrected chi connectivity index (χ4v) is 4.10. The van der Waals surface area contributed by atoms with Gasteiger partial charge < -0.3 is 5.32 Å². The van der Waals surface area contributed by atoms with Crippen LogP contribution >= 0.6 is 0 Å². The molecule has 3 aromatic carbocycles. The third-order valence-electron chi connectivity index (χ3n) is 5.57. The lowest BCUT2D eigenvalue weighted by atomic mass is 9.87. The van der Waals surface area contributed by atoms with Crippen LogP contribution in [0.5, 0.6) is 0 Å². The van der Waals surface area contributed by atoms with E-state index >= 15 is 0 Å². The number of aromatic nitrogens is 2. The number of aryl methyl sites for hydroxylation is 1. The van der Waals surface area contributed by atoms with Crippen molar-refractivity contribution in [2.45, 2.75) is 19.3 Å². The first-order chi connectivity index (χ1) is 14.3. The van der Waals surface area contributed by atoms with Gasteiger partial charge in [-0.15, -0.1) is 0 Å². The molecule has 1 atom stereocenters. The fourth-order valence-electron chi connectivity index (χ4n) is 4.10. The standard InChI is InChI=1S/C26H23N3/c1-18-28-25(22-14-13-19-7-2-3-9-21(19)15-22)16-26(29-18)27-17-23-11-6-10-20-8-4-5-12-24(20)23/h2-10,12-16,23H,11,17H2,1H3,(H,27,28,29)/t23-/m0/s1. The lowest BCUT2D eigenvalue weighted by molar-refractivity contribution is 0.724. The minimum absolute atomic E-state index is 0.454. The van der Waals surface area contributed by atoms with E-state index in [0.717, 1.165) is 35.9 Å². The molecule has 4 aromatic rings. The Kier molecular flexibility index (Phi) is 4.57. The molecule has 3 heteroatoms. The molecule has 1 heterocycles. The van der Waals surface area contributed by atoms with Gasteiger partial charge in [-0.05, 0) is 41.3 Å². The van der Waals surface area contributed by atoms with Gasteiger partial charge in [0.15, 0.2) is 0 Å². The summed E-state index contributed by atoms with van der Waals surface area (Å²) in [6.07, 6.45) is 5.53. The average molecular weight is 377 g/mol. The summed E-state index contributed by atoms with van der Waals surface area (Å²) in [5.41, 5.74) is 4.79. The topological polar surface area (TPSA) is 37.8 Å². The number of benzene rings is 3. The second kappa shape index (κ2) is 7.51. The molecule has 0 saturated heterocycles. The number of nitrogens with zero attached hydrogens (tertiary/aromatic N) is 2. The zero-order chi connectivity index (χ0) is 19.6. The van der Waals surface area contributed by atoms with Crippen LogP contribution in [0.2, 0.25) is 0 Å². The van der Waals surface area contributed by atoms with Gasteiger partial charge in [-0.25, -0.2) is 9.97 Å². The van der Waals surface area contributed by atoms with Crippen molar-refractivity contribution in [2.24, 2.45) is 0 Å². The molecule has 5 rings (SSSR count). The third-order valence-corrected chi connectivity index (χ3v) is 5.57. The monoisotopic (exact) mass is 377 g/mol. The zero-order valence-corrected chi connectivity index (χ0v) is 16.5. The largest absolute Gasteiger partial charge is 0.369 e. The van der Waals surface area contributed by atoms with Crippen LogP contribution in [0.1, 0.15) is 29.3 Å². The Morgan fingerprint density at radius 3 is 2.66 bits per heavy atom. The summed E-state index contributed by atoms with van der Waals surface area (Å²) >= 11 is 0. The van der Waals surface area contributed by atoms with Gasteiger partial charge >= 0.3 is 0 Å². The zero-order valence-electron chi connectivity index (χ0n) is 16.5. The first-order valence-corrected chi connectivity index (χ1v) is 10.1. The maximum atomic E-state index is 4.68. The Balaban J connectivity index is 1.40. The van der Waals surface area contributed by atoms with Crippen LogP contribution in [0.25, 0.3) is 28.1 Å². The third kappa shape index (κ3) is 3.64. The summed E-state index contributed by atoms with van der Waals surface area (Å²) in [5.74, 6) is 2.12. The maximum absolute atomic E-state index is 4.68. The second-order valence-corrected chi connectivity index (χ2v) is 7.59. The van der Waals surface area contributed by atoms with Crippen LogP contribution in [0.15, 0.2) is 78.9 Å². The van der Waals surface area contributed by atoms with Crippen molar-refractivity contribution in [3.05, 3.63) is 95.8 Å². The Bertz CT molecular complexity index is 1210. The molecular formula is C26H23N3. The molecule has 0 unspecified atom stereocenters. The van der Waals surface area contributed by atoms with Crippen molar-refractivity contribution in [2.75, 3.05) is 11.9 Å². The van der Waals surface area contributed by atoms with Crippen LogP contribution in [0, 0.1) is 6.92 Å². The summed E-state index contributed by atoms with van der Waals surface area (Å²) < 4.78 is 0. The minimum atomic E-state index is 0.454. The Hall–Kier alpha value is -3.46. The van der Waals surface area contributed by atoms with Crippen molar-refractivity contribution in [3.63, 3.8) is 0 Å². The smallest absolute Gasteiger partial charge is 0.130 e. The van der Waals surface area contributed by atoms with E-state index in [1.54, 1.807) is 0 Å². The molecule has 142 valence electrons. The number of allylic oxidation sites excluding steroid dienone is 1. The average Bonchev–Trinajstić information content (AvgIpc) is 2.77. The number of nitrogens with one attached hydrogen (secondary N) is 1. The molecule has 0 amide bonds. The summed E-state index contributed by atoms with van der Waals surface area (Å²) in [6.45, 7) is 2.81. The molecule has 1 N–H and O–H groups in total. The number of anilines is 1. The number of rotatable bonds is 4. The molecule has 0 aliphatic heterocycles. The van der Waals surface area contributed by atoms with Gasteiger partial charge in [-0.2, -0.15) is 0 Å². The van der Waals surface area contributed by atoms with Crippen molar-refractivity contribution in [3.8, 4) is 11.3 Å². The lowest BCUT2D eigenvalue weighted by Gasteiger charge is -2.22. The van der Waals surface area contributed by atoms with E-state index in [4.69, 9.17) is 0 Å². The number of hydrogen-bond donors (Lipinski definition) is 1. The van der Waals surface area contributed by atoms with Crippen molar-refractivity contribution >= 4 is 22.7 Å². The Morgan fingerprint density at radius 2 is 1.72 bits per heavy atom. The predicted molar refractivity (Wildman–Crippen MR) is 121 cm³/mol. The lowest BCUT2D eigenvalue weighted by Crippen LogP contribution is -2.16. The molecular weight excluding hydrogens is 354 g/mol. The first kappa shape index (κ1) is 17.6. The molecule has 1 aromatic heterocycles. The summed E-state index contributed by atoms with van der Waals surface area (Å²) in [5, 5.41) is 6.02. The van der Waals surface area contributed by atoms with Crippen molar-refractivity contribution < 1.29 is 0 Å². The summed E-state index contributed by atoms with van der Waals surface area (Å²) in [4.78, 5) is 9.30. The van der Waals surface area contributed by atoms with Gasteiger partial charge in [0.25, 0.3) is 0 Å². The summed E-state index contributed by atoms with van der Waals surface area (Å²) in [6, 6.07) is 25.6. The number of fused-ring (bicyclic) bond motifs is 2. The maximum Gasteiger partial charge on any atom is 0.130 e. The van der Waals surface area contributed by atoms with Gasteiger partial charge in [0.1, 0.15) is 11.6 Å². The molecule has 0 spiro atoms. The highest BCUT2D eigenvalue weighted by Gasteiger charge is 2.16. The van der Waals surface area contributed by atoms with E-state index in [1.807, 2.05) is 6.92 Å². The Morgan fingerprint density at radius 1 is 0.897 bits per heavy atom. The molecule has 1 aliphatic carbocycles. The predicted octanol–water partition coefficient (Wildman–Crippen LogP) is 6.22. The van der Waals surface area contributed by atoms with E-state index in [-0.39, 0.29) is 0 Å². The van der Waals surface area contributed by atoms with Crippen LogP contribution in [-0.2, 0) is 0 Å². The highest BCUT2D eigenvalue weighted by atomic mass is 15.0. The van der Waals surface area contributed by atoms with E-state index in [2.05, 4.69) is 100 Å². The molecule has 0 saturated carbocycles. The van der Waals surface area contributed by atoms with Crippen LogP contribution in [0.4, 0.5) is 5.82 Å². The van der Waals surface area contributed by atoms with Crippen LogP contribution < -0.4 is 5.32 Å². The fraction of sp³-hybridized carbons (Fsp3) is 0.154. The van der Waals surface area contributed by atoms with Crippen LogP contribution in [0.3, 0.4) is 0 Å².